The highest BCUT2D eigenvalue weighted by Gasteiger charge is 2.34. The molecule has 1 heterocycles. The molecule has 1 aliphatic rings. The topological polar surface area (TPSA) is 98.3 Å². The molecule has 7 nitrogen and oxygen atoms in total. The lowest BCUT2D eigenvalue weighted by Gasteiger charge is -2.22. The van der Waals surface area contributed by atoms with Gasteiger partial charge < -0.3 is 20.3 Å². The quantitative estimate of drug-likeness (QED) is 0.750. The van der Waals surface area contributed by atoms with Gasteiger partial charge in [0.2, 0.25) is 0 Å². The average molecular weight is 266 g/mol. The van der Waals surface area contributed by atoms with E-state index in [0.717, 1.165) is 12.8 Å². The van der Waals surface area contributed by atoms with Crippen LogP contribution in [0.1, 0.15) is 25.1 Å². The molecule has 0 aliphatic heterocycles. The third kappa shape index (κ3) is 3.24. The van der Waals surface area contributed by atoms with Gasteiger partial charge in [-0.15, -0.1) is 0 Å². The van der Waals surface area contributed by atoms with Crippen LogP contribution in [-0.2, 0) is 11.3 Å². The molecule has 104 valence electrons. The van der Waals surface area contributed by atoms with Crippen molar-refractivity contribution in [3.8, 4) is 0 Å². The van der Waals surface area contributed by atoms with Crippen LogP contribution in [-0.4, -0.2) is 45.1 Å². The highest BCUT2D eigenvalue weighted by Crippen LogP contribution is 2.25. The van der Waals surface area contributed by atoms with E-state index in [1.54, 1.807) is 19.4 Å². The lowest BCUT2D eigenvalue weighted by atomic mass is 10.0. The number of rotatable bonds is 4. The number of aliphatic carboxylic acids is 1. The summed E-state index contributed by atoms with van der Waals surface area (Å²) < 4.78 is 0. The van der Waals surface area contributed by atoms with E-state index < -0.39 is 11.9 Å². The summed E-state index contributed by atoms with van der Waals surface area (Å²) in [4.78, 5) is 31.5. The average Bonchev–Trinajstić information content (AvgIpc) is 2.99. The highest BCUT2D eigenvalue weighted by molar-refractivity contribution is 5.76. The van der Waals surface area contributed by atoms with Gasteiger partial charge >= 0.3 is 12.0 Å². The van der Waals surface area contributed by atoms with Crippen LogP contribution >= 0.6 is 0 Å². The first-order valence-electron chi connectivity index (χ1n) is 6.30. The van der Waals surface area contributed by atoms with Gasteiger partial charge in [0.05, 0.1) is 12.5 Å². The van der Waals surface area contributed by atoms with Crippen molar-refractivity contribution in [1.82, 2.24) is 20.2 Å². The van der Waals surface area contributed by atoms with Gasteiger partial charge in [-0.1, -0.05) is 6.42 Å². The summed E-state index contributed by atoms with van der Waals surface area (Å²) in [6.45, 7) is 0.364. The molecule has 1 aromatic heterocycles. The van der Waals surface area contributed by atoms with Gasteiger partial charge in [0, 0.05) is 25.5 Å². The molecule has 1 fully saturated rings. The van der Waals surface area contributed by atoms with Crippen molar-refractivity contribution in [2.45, 2.75) is 31.8 Å². The molecule has 1 aliphatic carbocycles. The molecule has 0 aromatic carbocycles. The normalized spacial score (nSPS) is 22.2. The molecule has 2 amide bonds. The molecular formula is C12H18N4O3. The molecule has 0 spiro atoms. The zero-order valence-electron chi connectivity index (χ0n) is 10.8. The second-order valence-electron chi connectivity index (χ2n) is 4.82. The third-order valence-corrected chi connectivity index (χ3v) is 3.43. The maximum absolute atomic E-state index is 12.0. The minimum atomic E-state index is -0.837. The molecule has 7 heteroatoms. The fourth-order valence-electron chi connectivity index (χ4n) is 2.38. The minimum absolute atomic E-state index is 0.269. The van der Waals surface area contributed by atoms with Crippen LogP contribution in [0.2, 0.25) is 0 Å². The number of hydrogen-bond acceptors (Lipinski definition) is 3. The Morgan fingerprint density at radius 2 is 2.37 bits per heavy atom. The first kappa shape index (κ1) is 13.4. The Balaban J connectivity index is 1.88. The molecule has 1 aromatic rings. The molecular weight excluding hydrogens is 248 g/mol. The molecule has 19 heavy (non-hydrogen) atoms. The van der Waals surface area contributed by atoms with Gasteiger partial charge in [0.25, 0.3) is 0 Å². The number of urea groups is 1. The Morgan fingerprint density at radius 3 is 3.00 bits per heavy atom. The Bertz CT molecular complexity index is 446. The summed E-state index contributed by atoms with van der Waals surface area (Å²) in [5, 5.41) is 11.8. The largest absolute Gasteiger partial charge is 0.481 e. The van der Waals surface area contributed by atoms with Gasteiger partial charge in [0.15, 0.2) is 0 Å². The van der Waals surface area contributed by atoms with Crippen molar-refractivity contribution in [1.29, 1.82) is 0 Å². The maximum atomic E-state index is 12.0. The number of carboxylic acid groups (broad SMARTS) is 1. The number of nitrogens with one attached hydrogen (secondary N) is 2. The SMILES string of the molecule is CN(Cc1ncc[nH]1)C(=O)NC1CCCC1C(=O)O. The molecule has 1 saturated carbocycles. The molecule has 0 bridgehead atoms. The van der Waals surface area contributed by atoms with E-state index in [4.69, 9.17) is 5.11 Å². The van der Waals surface area contributed by atoms with E-state index in [1.165, 1.54) is 4.90 Å². The number of hydrogen-bond donors (Lipinski definition) is 3. The molecule has 2 atom stereocenters. The maximum Gasteiger partial charge on any atom is 0.317 e. The second kappa shape index (κ2) is 5.73. The van der Waals surface area contributed by atoms with E-state index in [1.807, 2.05) is 0 Å². The Morgan fingerprint density at radius 1 is 1.58 bits per heavy atom. The molecule has 2 unspecified atom stereocenters. The lowest BCUT2D eigenvalue weighted by molar-refractivity contribution is -0.142. The first-order chi connectivity index (χ1) is 9.08. The van der Waals surface area contributed by atoms with Gasteiger partial charge in [-0.05, 0) is 12.8 Å². The molecule has 0 saturated heterocycles. The number of H-pyrrole nitrogens is 1. The van der Waals surface area contributed by atoms with Gasteiger partial charge in [0.1, 0.15) is 5.82 Å². The summed E-state index contributed by atoms with van der Waals surface area (Å²) in [7, 11) is 1.66. The lowest BCUT2D eigenvalue weighted by Crippen LogP contribution is -2.45. The summed E-state index contributed by atoms with van der Waals surface area (Å²) in [5.41, 5.74) is 0. The number of aromatic amines is 1. The number of aromatic nitrogens is 2. The summed E-state index contributed by atoms with van der Waals surface area (Å²) in [6.07, 6.45) is 5.50. The minimum Gasteiger partial charge on any atom is -0.481 e. The number of amides is 2. The standard InChI is InChI=1S/C12H18N4O3/c1-16(7-10-13-5-6-14-10)12(19)15-9-4-2-3-8(9)11(17)18/h5-6,8-9H,2-4,7H2,1H3,(H,13,14)(H,15,19)(H,17,18). The molecule has 3 N–H and O–H groups in total. The van der Waals surface area contributed by atoms with E-state index >= 15 is 0 Å². The molecule has 2 rings (SSSR count). The zero-order chi connectivity index (χ0) is 13.8. The summed E-state index contributed by atoms with van der Waals surface area (Å²) in [6, 6.07) is -0.543. The van der Waals surface area contributed by atoms with Crippen LogP contribution in [0.25, 0.3) is 0 Å². The van der Waals surface area contributed by atoms with Crippen LogP contribution in [0.5, 0.6) is 0 Å². The van der Waals surface area contributed by atoms with Crippen LogP contribution in [0, 0.1) is 5.92 Å². The number of carbonyl (C=O) groups is 2. The second-order valence-corrected chi connectivity index (χ2v) is 4.82. The van der Waals surface area contributed by atoms with Gasteiger partial charge in [-0.3, -0.25) is 4.79 Å². The molecule has 0 radical (unpaired) electrons. The van der Waals surface area contributed by atoms with Crippen molar-refractivity contribution < 1.29 is 14.7 Å². The van der Waals surface area contributed by atoms with E-state index in [-0.39, 0.29) is 12.1 Å². The number of nitrogens with zero attached hydrogens (tertiary/aromatic N) is 2. The van der Waals surface area contributed by atoms with Crippen molar-refractivity contribution >= 4 is 12.0 Å². The van der Waals surface area contributed by atoms with E-state index in [9.17, 15) is 9.59 Å². The van der Waals surface area contributed by atoms with Crippen LogP contribution in [0.4, 0.5) is 4.79 Å². The van der Waals surface area contributed by atoms with Crippen LogP contribution < -0.4 is 5.32 Å². The fraction of sp³-hybridized carbons (Fsp3) is 0.583. The number of carboxylic acids is 1. The Hall–Kier alpha value is -2.05. The summed E-state index contributed by atoms with van der Waals surface area (Å²) >= 11 is 0. The third-order valence-electron chi connectivity index (χ3n) is 3.43. The fourth-order valence-corrected chi connectivity index (χ4v) is 2.38. The number of carbonyl (C=O) groups excluding carboxylic acids is 1. The Kier molecular flexibility index (Phi) is 4.03. The first-order valence-corrected chi connectivity index (χ1v) is 6.30. The van der Waals surface area contributed by atoms with Crippen molar-refractivity contribution in [3.63, 3.8) is 0 Å². The van der Waals surface area contributed by atoms with E-state index in [0.29, 0.717) is 18.8 Å². The van der Waals surface area contributed by atoms with Gasteiger partial charge in [-0.2, -0.15) is 0 Å². The summed E-state index contributed by atoms with van der Waals surface area (Å²) in [5.74, 6) is -0.615. The predicted molar refractivity (Wildman–Crippen MR) is 67.4 cm³/mol. The van der Waals surface area contributed by atoms with Crippen molar-refractivity contribution in [2.75, 3.05) is 7.05 Å². The van der Waals surface area contributed by atoms with Crippen LogP contribution in [0.3, 0.4) is 0 Å². The highest BCUT2D eigenvalue weighted by atomic mass is 16.4. The predicted octanol–water partition coefficient (Wildman–Crippen LogP) is 0.804. The number of imidazole rings is 1. The zero-order valence-corrected chi connectivity index (χ0v) is 10.8. The van der Waals surface area contributed by atoms with Gasteiger partial charge in [-0.25, -0.2) is 9.78 Å². The van der Waals surface area contributed by atoms with Crippen LogP contribution in [0.15, 0.2) is 12.4 Å². The van der Waals surface area contributed by atoms with Crippen molar-refractivity contribution in [3.05, 3.63) is 18.2 Å². The Labute approximate surface area is 111 Å². The monoisotopic (exact) mass is 266 g/mol. The smallest absolute Gasteiger partial charge is 0.317 e. The van der Waals surface area contributed by atoms with Crippen molar-refractivity contribution in [2.24, 2.45) is 5.92 Å². The van der Waals surface area contributed by atoms with E-state index in [2.05, 4.69) is 15.3 Å².